The number of aliphatic hydroxyl groups is 1. The third-order valence-electron chi connectivity index (χ3n) is 6.25. The van der Waals surface area contributed by atoms with Gasteiger partial charge in [-0.3, -0.25) is 0 Å². The van der Waals surface area contributed by atoms with Gasteiger partial charge in [0.15, 0.2) is 0 Å². The van der Waals surface area contributed by atoms with Crippen molar-refractivity contribution in [2.75, 3.05) is 6.61 Å². The van der Waals surface area contributed by atoms with Gasteiger partial charge in [0.2, 0.25) is 0 Å². The van der Waals surface area contributed by atoms with Crippen LogP contribution < -0.4 is 5.73 Å². The van der Waals surface area contributed by atoms with Crippen molar-refractivity contribution in [3.05, 3.63) is 0 Å². The monoisotopic (exact) mass is 325 g/mol. The third-order valence-corrected chi connectivity index (χ3v) is 6.25. The molecule has 5 unspecified atom stereocenters. The number of ether oxygens (including phenoxy) is 1. The molecule has 0 bridgehead atoms. The molecule has 5 atom stereocenters. The smallest absolute Gasteiger partial charge is 0.112 e. The fraction of sp³-hybridized carbons (Fsp3) is 1.00. The van der Waals surface area contributed by atoms with Crippen LogP contribution in [-0.4, -0.2) is 31.4 Å². The van der Waals surface area contributed by atoms with Gasteiger partial charge in [-0.1, -0.05) is 48.0 Å². The van der Waals surface area contributed by atoms with Crippen LogP contribution in [-0.2, 0) is 4.74 Å². The Morgan fingerprint density at radius 2 is 1.78 bits per heavy atom. The van der Waals surface area contributed by atoms with E-state index in [-0.39, 0.29) is 10.7 Å². The van der Waals surface area contributed by atoms with Crippen LogP contribution in [0.4, 0.5) is 0 Å². The van der Waals surface area contributed by atoms with Crippen LogP contribution in [0.1, 0.15) is 74.1 Å². The van der Waals surface area contributed by atoms with Gasteiger partial charge in [-0.2, -0.15) is 0 Å². The topological polar surface area (TPSA) is 55.5 Å². The molecule has 0 saturated heterocycles. The van der Waals surface area contributed by atoms with E-state index in [9.17, 15) is 5.11 Å². The van der Waals surface area contributed by atoms with E-state index in [2.05, 4.69) is 49.4 Å². The zero-order valence-corrected chi connectivity index (χ0v) is 16.8. The van der Waals surface area contributed by atoms with Gasteiger partial charge in [-0.25, -0.2) is 0 Å². The molecule has 1 aliphatic rings. The van der Waals surface area contributed by atoms with Crippen molar-refractivity contribution < 1.29 is 9.84 Å². The van der Waals surface area contributed by atoms with Crippen molar-refractivity contribution in [1.82, 2.24) is 0 Å². The molecule has 136 valence electrons. The molecule has 3 N–H and O–H groups in total. The summed E-state index contributed by atoms with van der Waals surface area (Å²) in [5.41, 5.74) is 4.62. The zero-order valence-electron chi connectivity index (χ0n) is 16.8. The standard InChI is InChI=1S/C19H40BNO2/c1-13(2)15-9-8-14(3)10-16(15)23-12-18(6,20)17(4,5)11-19(7,21)22/h13-16,22H,8-12,20-21H2,1-7H3. The molecule has 0 aromatic rings. The molecule has 1 fully saturated rings. The SMILES string of the molecule is BC(C)(COC1CC(C)CCC1C(C)C)C(C)(C)CC(C)(N)O. The predicted octanol–water partition coefficient (Wildman–Crippen LogP) is 3.36. The molecule has 23 heavy (non-hydrogen) atoms. The minimum Gasteiger partial charge on any atom is -0.378 e. The second-order valence-electron chi connectivity index (χ2n) is 9.98. The summed E-state index contributed by atoms with van der Waals surface area (Å²) in [6.07, 6.45) is 4.71. The van der Waals surface area contributed by atoms with Gasteiger partial charge in [0.25, 0.3) is 0 Å². The molecule has 1 rings (SSSR count). The van der Waals surface area contributed by atoms with E-state index in [1.54, 1.807) is 6.92 Å². The van der Waals surface area contributed by atoms with Crippen molar-refractivity contribution in [2.45, 2.75) is 91.3 Å². The Morgan fingerprint density at radius 3 is 2.26 bits per heavy atom. The number of hydrogen-bond donors (Lipinski definition) is 2. The van der Waals surface area contributed by atoms with Crippen molar-refractivity contribution in [1.29, 1.82) is 0 Å². The molecular weight excluding hydrogens is 285 g/mol. The summed E-state index contributed by atoms with van der Waals surface area (Å²) in [4.78, 5) is 0. The molecule has 1 aliphatic carbocycles. The summed E-state index contributed by atoms with van der Waals surface area (Å²) in [7, 11) is 2.23. The van der Waals surface area contributed by atoms with Crippen LogP contribution in [0.15, 0.2) is 0 Å². The van der Waals surface area contributed by atoms with Crippen molar-refractivity contribution in [2.24, 2.45) is 28.9 Å². The lowest BCUT2D eigenvalue weighted by molar-refractivity contribution is -0.0689. The van der Waals surface area contributed by atoms with Crippen LogP contribution in [0.25, 0.3) is 0 Å². The van der Waals surface area contributed by atoms with Gasteiger partial charge >= 0.3 is 0 Å². The molecule has 0 aliphatic heterocycles. The highest BCUT2D eigenvalue weighted by Crippen LogP contribution is 2.48. The largest absolute Gasteiger partial charge is 0.378 e. The van der Waals surface area contributed by atoms with Crippen LogP contribution in [0.3, 0.4) is 0 Å². The zero-order chi connectivity index (χ0) is 18.1. The Kier molecular flexibility index (Phi) is 6.80. The predicted molar refractivity (Wildman–Crippen MR) is 101 cm³/mol. The Morgan fingerprint density at radius 1 is 1.22 bits per heavy atom. The van der Waals surface area contributed by atoms with Crippen molar-refractivity contribution in [3.63, 3.8) is 0 Å². The quantitative estimate of drug-likeness (QED) is 0.557. The van der Waals surface area contributed by atoms with Gasteiger partial charge in [-0.05, 0) is 54.7 Å². The first-order chi connectivity index (χ1) is 10.3. The van der Waals surface area contributed by atoms with Crippen LogP contribution in [0, 0.1) is 23.2 Å². The lowest BCUT2D eigenvalue weighted by Crippen LogP contribution is -2.46. The van der Waals surface area contributed by atoms with Gasteiger partial charge in [0.05, 0.1) is 6.10 Å². The molecule has 0 radical (unpaired) electrons. The number of rotatable bonds is 7. The Bertz CT molecular complexity index is 374. The van der Waals surface area contributed by atoms with Crippen LogP contribution in [0.5, 0.6) is 0 Å². The molecule has 1 saturated carbocycles. The molecular formula is C19H40BNO2. The molecule has 0 aromatic carbocycles. The molecule has 0 aromatic heterocycles. The van der Waals surface area contributed by atoms with Gasteiger partial charge in [0.1, 0.15) is 13.6 Å². The van der Waals surface area contributed by atoms with Gasteiger partial charge in [-0.15, -0.1) is 0 Å². The first-order valence-electron chi connectivity index (χ1n) is 9.38. The first kappa shape index (κ1) is 21.0. The maximum atomic E-state index is 10.0. The average Bonchev–Trinajstić information content (AvgIpc) is 2.33. The van der Waals surface area contributed by atoms with Gasteiger partial charge in [0, 0.05) is 6.61 Å². The lowest BCUT2D eigenvalue weighted by Gasteiger charge is -2.46. The minimum atomic E-state index is -1.14. The van der Waals surface area contributed by atoms with E-state index in [4.69, 9.17) is 10.5 Å². The average molecular weight is 325 g/mol. The number of nitrogens with two attached hydrogens (primary N) is 1. The van der Waals surface area contributed by atoms with Gasteiger partial charge < -0.3 is 15.6 Å². The molecule has 0 amide bonds. The molecule has 0 heterocycles. The molecule has 0 spiro atoms. The Labute approximate surface area is 145 Å². The summed E-state index contributed by atoms with van der Waals surface area (Å²) in [5.74, 6) is 2.10. The molecule has 4 heteroatoms. The highest BCUT2D eigenvalue weighted by molar-refractivity contribution is 6.15. The van der Waals surface area contributed by atoms with E-state index in [0.717, 1.165) is 12.5 Å². The van der Waals surface area contributed by atoms with Crippen LogP contribution >= 0.6 is 0 Å². The second kappa shape index (κ2) is 7.45. The third kappa shape index (κ3) is 6.06. The number of hydrogen-bond acceptors (Lipinski definition) is 3. The van der Waals surface area contributed by atoms with Crippen LogP contribution in [0.2, 0.25) is 5.31 Å². The summed E-state index contributed by atoms with van der Waals surface area (Å²) < 4.78 is 6.47. The lowest BCUT2D eigenvalue weighted by atomic mass is 9.53. The van der Waals surface area contributed by atoms with E-state index in [0.29, 0.717) is 24.4 Å². The Balaban J connectivity index is 2.72. The van der Waals surface area contributed by atoms with E-state index >= 15 is 0 Å². The minimum absolute atomic E-state index is 0.0431. The molecule has 3 nitrogen and oxygen atoms in total. The summed E-state index contributed by atoms with van der Waals surface area (Å²) in [5, 5.41) is 9.98. The summed E-state index contributed by atoms with van der Waals surface area (Å²) in [6, 6.07) is 0. The first-order valence-corrected chi connectivity index (χ1v) is 9.38. The van der Waals surface area contributed by atoms with E-state index in [1.165, 1.54) is 19.3 Å². The summed E-state index contributed by atoms with van der Waals surface area (Å²) in [6.45, 7) is 16.0. The van der Waals surface area contributed by atoms with E-state index < -0.39 is 5.72 Å². The Hall–Kier alpha value is -0.0551. The highest BCUT2D eigenvalue weighted by atomic mass is 16.5. The fourth-order valence-electron chi connectivity index (χ4n) is 3.95. The maximum absolute atomic E-state index is 10.0. The maximum Gasteiger partial charge on any atom is 0.112 e. The summed E-state index contributed by atoms with van der Waals surface area (Å²) >= 11 is 0. The second-order valence-corrected chi connectivity index (χ2v) is 9.98. The van der Waals surface area contributed by atoms with E-state index in [1.807, 2.05) is 0 Å². The van der Waals surface area contributed by atoms with Crippen molar-refractivity contribution in [3.8, 4) is 0 Å². The highest BCUT2D eigenvalue weighted by Gasteiger charge is 2.42. The fourth-order valence-corrected chi connectivity index (χ4v) is 3.95. The van der Waals surface area contributed by atoms with Crippen molar-refractivity contribution >= 4 is 7.85 Å². The normalized spacial score (nSPS) is 31.7.